The van der Waals surface area contributed by atoms with E-state index in [2.05, 4.69) is 21.3 Å². The largest absolute Gasteiger partial charge is 0.464 e. The second-order valence-electron chi connectivity index (χ2n) is 16.7. The van der Waals surface area contributed by atoms with E-state index in [1.54, 1.807) is 51.1 Å². The second kappa shape index (κ2) is 23.1. The normalized spacial score (nSPS) is 14.0. The highest BCUT2D eigenvalue weighted by molar-refractivity contribution is 5.97. The Kier molecular flexibility index (Phi) is 17.4. The SMILES string of the molecule is CCOC(=O)[C@@H](NC(=O)[C@@H](C)N(OC(=O)c1ccccc1)C(=O)[C@H](C)NC(=O)[C@H](CC(C)C)NC(=O)[C@H](Cc1ccccc1)NC(=O)OCC1c2ccccc2-c2ccccc21)C(C)C. The third-order valence-corrected chi connectivity index (χ3v) is 10.9. The van der Waals surface area contributed by atoms with E-state index >= 15 is 0 Å². The van der Waals surface area contributed by atoms with E-state index in [1.807, 2.05) is 80.6 Å². The van der Waals surface area contributed by atoms with Gasteiger partial charge in [-0.25, -0.2) is 14.4 Å². The Balaban J connectivity index is 1.31. The number of esters is 1. The molecule has 5 amide bonds. The number of nitrogens with zero attached hydrogens (tertiary/aromatic N) is 1. The quantitative estimate of drug-likeness (QED) is 0.0653. The van der Waals surface area contributed by atoms with Gasteiger partial charge in [0, 0.05) is 12.3 Å². The molecule has 0 fully saturated rings. The fourth-order valence-electron chi connectivity index (χ4n) is 7.52. The third kappa shape index (κ3) is 13.0. The van der Waals surface area contributed by atoms with Crippen molar-refractivity contribution in [2.45, 2.75) is 97.4 Å². The fourth-order valence-corrected chi connectivity index (χ4v) is 7.52. The number of nitrogens with one attached hydrogen (secondary N) is 4. The molecule has 5 atom stereocenters. The number of hydrogen-bond donors (Lipinski definition) is 4. The maximum Gasteiger partial charge on any atom is 0.407 e. The molecule has 0 saturated heterocycles. The van der Waals surface area contributed by atoms with Crippen LogP contribution in [-0.4, -0.2) is 90.1 Å². The van der Waals surface area contributed by atoms with Crippen LogP contribution in [0.25, 0.3) is 11.1 Å². The van der Waals surface area contributed by atoms with Crippen LogP contribution in [0, 0.1) is 11.8 Å². The van der Waals surface area contributed by atoms with E-state index in [4.69, 9.17) is 14.3 Å². The Bertz CT molecular complexity index is 2260. The molecule has 4 aromatic carbocycles. The molecule has 344 valence electrons. The summed E-state index contributed by atoms with van der Waals surface area (Å²) in [6, 6.07) is 26.4. The van der Waals surface area contributed by atoms with Crippen LogP contribution in [0.1, 0.15) is 87.9 Å². The van der Waals surface area contributed by atoms with Crippen LogP contribution in [0.5, 0.6) is 0 Å². The Hall–Kier alpha value is -7.03. The van der Waals surface area contributed by atoms with Gasteiger partial charge < -0.3 is 35.6 Å². The van der Waals surface area contributed by atoms with E-state index < -0.39 is 77.8 Å². The second-order valence-corrected chi connectivity index (χ2v) is 16.7. The van der Waals surface area contributed by atoms with E-state index in [0.717, 1.165) is 27.8 Å². The van der Waals surface area contributed by atoms with Crippen molar-refractivity contribution in [1.82, 2.24) is 26.3 Å². The maximum atomic E-state index is 14.2. The predicted molar refractivity (Wildman–Crippen MR) is 243 cm³/mol. The van der Waals surface area contributed by atoms with Crippen LogP contribution in [-0.2, 0) is 44.7 Å². The Morgan fingerprint density at radius 1 is 0.615 bits per heavy atom. The summed E-state index contributed by atoms with van der Waals surface area (Å²) < 4.78 is 10.9. The summed E-state index contributed by atoms with van der Waals surface area (Å²) in [5.41, 5.74) is 5.00. The first-order valence-corrected chi connectivity index (χ1v) is 21.9. The number of rotatable bonds is 19. The number of hydroxylamine groups is 2. The summed E-state index contributed by atoms with van der Waals surface area (Å²) in [5.74, 6) is -5.60. The van der Waals surface area contributed by atoms with Gasteiger partial charge in [-0.3, -0.25) is 19.2 Å². The number of alkyl carbamates (subject to hydrolysis) is 1. The minimum absolute atomic E-state index is 0.0193. The lowest BCUT2D eigenvalue weighted by atomic mass is 9.98. The lowest BCUT2D eigenvalue weighted by molar-refractivity contribution is -0.182. The molecule has 5 rings (SSSR count). The van der Waals surface area contributed by atoms with Gasteiger partial charge in [0.15, 0.2) is 0 Å². The maximum absolute atomic E-state index is 14.2. The number of fused-ring (bicyclic) bond motifs is 3. The van der Waals surface area contributed by atoms with E-state index in [1.165, 1.54) is 26.0 Å². The van der Waals surface area contributed by atoms with Gasteiger partial charge in [-0.05, 0) is 79.0 Å². The van der Waals surface area contributed by atoms with Gasteiger partial charge in [0.25, 0.3) is 5.91 Å². The third-order valence-electron chi connectivity index (χ3n) is 10.9. The summed E-state index contributed by atoms with van der Waals surface area (Å²) in [6.07, 6.45) is -0.619. The standard InChI is InChI=1S/C50H59N5O10/c1-8-63-49(61)43(31(4)5)54-44(56)33(7)55(65-48(60)35-21-13-10-14-22-35)47(59)32(6)51-45(57)41(27-30(2)3)52-46(58)42(28-34-19-11-9-12-20-34)53-50(62)64-29-40-38-25-17-15-23-36(38)37-24-16-18-26-39(37)40/h9-26,30-33,40-43H,8,27-29H2,1-7H3,(H,51,57)(H,52,58)(H,53,62)(H,54,56)/t32-,33+,41-,42-,43-/m0/s1. The number of benzene rings is 4. The van der Waals surface area contributed by atoms with Gasteiger partial charge >= 0.3 is 18.0 Å². The first-order chi connectivity index (χ1) is 31.1. The van der Waals surface area contributed by atoms with Crippen LogP contribution in [0.2, 0.25) is 0 Å². The molecular formula is C50H59N5O10. The molecule has 0 aliphatic heterocycles. The Morgan fingerprint density at radius 2 is 1.17 bits per heavy atom. The van der Waals surface area contributed by atoms with Crippen LogP contribution in [0.3, 0.4) is 0 Å². The summed E-state index contributed by atoms with van der Waals surface area (Å²) in [5, 5.41) is 11.3. The van der Waals surface area contributed by atoms with Crippen molar-refractivity contribution in [3.63, 3.8) is 0 Å². The van der Waals surface area contributed by atoms with E-state index in [-0.39, 0.29) is 43.5 Å². The molecule has 15 heteroatoms. The van der Waals surface area contributed by atoms with Gasteiger partial charge in [-0.1, -0.05) is 125 Å². The molecule has 0 heterocycles. The van der Waals surface area contributed by atoms with Crippen molar-refractivity contribution in [3.05, 3.63) is 131 Å². The zero-order chi connectivity index (χ0) is 47.2. The highest BCUT2D eigenvalue weighted by Gasteiger charge is 2.38. The zero-order valence-electron chi connectivity index (χ0n) is 37.9. The molecule has 4 aromatic rings. The van der Waals surface area contributed by atoms with E-state index in [0.29, 0.717) is 5.06 Å². The topological polar surface area (TPSA) is 199 Å². The zero-order valence-corrected chi connectivity index (χ0v) is 37.9. The fraction of sp³-hybridized carbons (Fsp3) is 0.380. The minimum atomic E-state index is -1.49. The van der Waals surface area contributed by atoms with Crippen molar-refractivity contribution < 1.29 is 47.9 Å². The molecule has 1 aliphatic rings. The number of carbonyl (C=O) groups excluding carboxylic acids is 7. The van der Waals surface area contributed by atoms with Gasteiger partial charge in [0.05, 0.1) is 12.2 Å². The molecule has 1 aliphatic carbocycles. The summed E-state index contributed by atoms with van der Waals surface area (Å²) in [6.45, 7) is 11.5. The molecule has 0 spiro atoms. The molecule has 65 heavy (non-hydrogen) atoms. The molecule has 0 saturated carbocycles. The first-order valence-electron chi connectivity index (χ1n) is 21.9. The van der Waals surface area contributed by atoms with E-state index in [9.17, 15) is 33.6 Å². The molecule has 0 bridgehead atoms. The summed E-state index contributed by atoms with van der Waals surface area (Å²) in [7, 11) is 0. The van der Waals surface area contributed by atoms with Crippen molar-refractivity contribution >= 4 is 41.7 Å². The molecule has 0 radical (unpaired) electrons. The number of ether oxygens (including phenoxy) is 2. The minimum Gasteiger partial charge on any atom is -0.464 e. The van der Waals surface area contributed by atoms with Crippen molar-refractivity contribution in [1.29, 1.82) is 0 Å². The highest BCUT2D eigenvalue weighted by Crippen LogP contribution is 2.44. The first kappa shape index (κ1) is 49.0. The molecule has 15 nitrogen and oxygen atoms in total. The molecule has 4 N–H and O–H groups in total. The monoisotopic (exact) mass is 889 g/mol. The van der Waals surface area contributed by atoms with Crippen molar-refractivity contribution in [2.24, 2.45) is 11.8 Å². The average molecular weight is 890 g/mol. The number of hydrogen-bond acceptors (Lipinski definition) is 10. The van der Waals surface area contributed by atoms with Crippen LogP contribution in [0.15, 0.2) is 109 Å². The Labute approximate surface area is 379 Å². The molecule has 0 aromatic heterocycles. The van der Waals surface area contributed by atoms with Gasteiger partial charge in [-0.15, -0.1) is 0 Å². The predicted octanol–water partition coefficient (Wildman–Crippen LogP) is 5.87. The highest BCUT2D eigenvalue weighted by atomic mass is 16.7. The molecule has 0 unspecified atom stereocenters. The average Bonchev–Trinajstić information content (AvgIpc) is 3.61. The summed E-state index contributed by atoms with van der Waals surface area (Å²) >= 11 is 0. The lowest BCUT2D eigenvalue weighted by Gasteiger charge is -2.31. The van der Waals surface area contributed by atoms with Crippen molar-refractivity contribution in [2.75, 3.05) is 13.2 Å². The molecular weight excluding hydrogens is 831 g/mol. The smallest absolute Gasteiger partial charge is 0.407 e. The van der Waals surface area contributed by atoms with Crippen LogP contribution >= 0.6 is 0 Å². The van der Waals surface area contributed by atoms with Crippen LogP contribution in [0.4, 0.5) is 4.79 Å². The van der Waals surface area contributed by atoms with Gasteiger partial charge in [0.1, 0.15) is 36.8 Å². The van der Waals surface area contributed by atoms with Gasteiger partial charge in [0.2, 0.25) is 17.7 Å². The number of amides is 5. The van der Waals surface area contributed by atoms with Crippen molar-refractivity contribution in [3.8, 4) is 11.1 Å². The number of carbonyl (C=O) groups is 7. The summed E-state index contributed by atoms with van der Waals surface area (Å²) in [4.78, 5) is 101. The van der Waals surface area contributed by atoms with Crippen LogP contribution < -0.4 is 21.3 Å². The van der Waals surface area contributed by atoms with Gasteiger partial charge in [-0.2, -0.15) is 5.06 Å². The lowest BCUT2D eigenvalue weighted by Crippen LogP contribution is -2.59. The Morgan fingerprint density at radius 3 is 1.74 bits per heavy atom.